The maximum Gasteiger partial charge on any atom is 0.341 e. The molecule has 0 saturated heterocycles. The van der Waals surface area contributed by atoms with Crippen molar-refractivity contribution in [3.8, 4) is 0 Å². The van der Waals surface area contributed by atoms with Gasteiger partial charge in [-0.1, -0.05) is 5.16 Å². The summed E-state index contributed by atoms with van der Waals surface area (Å²) in [6.07, 6.45) is 3.03. The zero-order valence-corrected chi connectivity index (χ0v) is 9.58. The minimum Gasteiger partial charge on any atom is -0.462 e. The molecule has 0 saturated carbocycles. The molecule has 90 valence electrons. The van der Waals surface area contributed by atoms with E-state index in [0.29, 0.717) is 30.4 Å². The monoisotopic (exact) mass is 236 g/mol. The summed E-state index contributed by atoms with van der Waals surface area (Å²) < 4.78 is 11.3. The first-order valence-corrected chi connectivity index (χ1v) is 5.18. The third-order valence-electron chi connectivity index (χ3n) is 2.01. The molecule has 2 heterocycles. The van der Waals surface area contributed by atoms with E-state index in [1.807, 2.05) is 0 Å². The van der Waals surface area contributed by atoms with Gasteiger partial charge in [-0.15, -0.1) is 0 Å². The number of nitrogens with zero attached hydrogens (tertiary/aromatic N) is 4. The van der Waals surface area contributed by atoms with E-state index >= 15 is 0 Å². The topological polar surface area (TPSA) is 83.0 Å². The molecule has 7 nitrogen and oxygen atoms in total. The zero-order valence-electron chi connectivity index (χ0n) is 9.58. The highest BCUT2D eigenvalue weighted by molar-refractivity contribution is 5.88. The van der Waals surface area contributed by atoms with Crippen molar-refractivity contribution in [3.05, 3.63) is 29.7 Å². The van der Waals surface area contributed by atoms with Crippen molar-refractivity contribution in [1.29, 1.82) is 0 Å². The van der Waals surface area contributed by atoms with Crippen LogP contribution in [0.15, 0.2) is 16.9 Å². The predicted molar refractivity (Wildman–Crippen MR) is 56.3 cm³/mol. The van der Waals surface area contributed by atoms with Crippen LogP contribution in [0, 0.1) is 6.92 Å². The van der Waals surface area contributed by atoms with Gasteiger partial charge in [-0.3, -0.25) is 4.68 Å². The van der Waals surface area contributed by atoms with Gasteiger partial charge in [0, 0.05) is 6.20 Å². The highest BCUT2D eigenvalue weighted by Crippen LogP contribution is 2.03. The second-order valence-corrected chi connectivity index (χ2v) is 3.38. The number of rotatable bonds is 4. The fourth-order valence-corrected chi connectivity index (χ4v) is 1.31. The van der Waals surface area contributed by atoms with Crippen LogP contribution in [0.5, 0.6) is 0 Å². The number of hydrogen-bond donors (Lipinski definition) is 0. The highest BCUT2D eigenvalue weighted by Gasteiger charge is 2.11. The number of esters is 1. The van der Waals surface area contributed by atoms with Crippen molar-refractivity contribution in [2.45, 2.75) is 20.4 Å². The molecule has 2 rings (SSSR count). The van der Waals surface area contributed by atoms with Gasteiger partial charge >= 0.3 is 5.97 Å². The second-order valence-electron chi connectivity index (χ2n) is 3.38. The maximum absolute atomic E-state index is 11.4. The predicted octanol–water partition coefficient (Wildman–Crippen LogP) is 0.800. The quantitative estimate of drug-likeness (QED) is 0.730. The first-order chi connectivity index (χ1) is 8.19. The van der Waals surface area contributed by atoms with Crippen LogP contribution in [0.3, 0.4) is 0 Å². The van der Waals surface area contributed by atoms with E-state index in [4.69, 9.17) is 9.26 Å². The molecule has 0 fully saturated rings. The molecular formula is C10H12N4O3. The van der Waals surface area contributed by atoms with E-state index in [2.05, 4.69) is 15.2 Å². The lowest BCUT2D eigenvalue weighted by molar-refractivity contribution is 0.0526. The largest absolute Gasteiger partial charge is 0.462 e. The van der Waals surface area contributed by atoms with Crippen LogP contribution in [-0.2, 0) is 11.3 Å². The lowest BCUT2D eigenvalue weighted by atomic mass is 10.4. The normalized spacial score (nSPS) is 10.5. The van der Waals surface area contributed by atoms with Crippen molar-refractivity contribution >= 4 is 5.97 Å². The summed E-state index contributed by atoms with van der Waals surface area (Å²) in [6, 6.07) is 0. The number of aryl methyl sites for hydroxylation is 1. The Morgan fingerprint density at radius 1 is 1.59 bits per heavy atom. The first-order valence-electron chi connectivity index (χ1n) is 5.18. The van der Waals surface area contributed by atoms with Crippen LogP contribution in [-0.4, -0.2) is 32.5 Å². The number of carbonyl (C=O) groups excluding carboxylic acids is 1. The number of aromatic nitrogens is 4. The zero-order chi connectivity index (χ0) is 12.3. The summed E-state index contributed by atoms with van der Waals surface area (Å²) in [6.45, 7) is 4.16. The molecule has 0 aromatic carbocycles. The van der Waals surface area contributed by atoms with Gasteiger partial charge in [-0.05, 0) is 13.8 Å². The fourth-order valence-electron chi connectivity index (χ4n) is 1.31. The highest BCUT2D eigenvalue weighted by atomic mass is 16.5. The molecule has 0 spiro atoms. The van der Waals surface area contributed by atoms with Crippen molar-refractivity contribution in [3.63, 3.8) is 0 Å². The molecule has 17 heavy (non-hydrogen) atoms. The minimum atomic E-state index is -0.388. The molecule has 0 unspecified atom stereocenters. The summed E-state index contributed by atoms with van der Waals surface area (Å²) >= 11 is 0. The Kier molecular flexibility index (Phi) is 3.17. The van der Waals surface area contributed by atoms with E-state index in [1.54, 1.807) is 24.7 Å². The molecule has 0 radical (unpaired) electrons. The molecule has 0 N–H and O–H groups in total. The third kappa shape index (κ3) is 2.68. The summed E-state index contributed by atoms with van der Waals surface area (Å²) in [7, 11) is 0. The standard InChI is InChI=1S/C10H12N4O3/c1-3-16-10(15)8-4-11-14(5-8)6-9-12-7(2)13-17-9/h4-5H,3,6H2,1-2H3. The van der Waals surface area contributed by atoms with Crippen LogP contribution in [0.2, 0.25) is 0 Å². The van der Waals surface area contributed by atoms with Gasteiger partial charge in [0.05, 0.1) is 18.4 Å². The third-order valence-corrected chi connectivity index (χ3v) is 2.01. The van der Waals surface area contributed by atoms with E-state index in [0.717, 1.165) is 0 Å². The van der Waals surface area contributed by atoms with Crippen LogP contribution in [0.25, 0.3) is 0 Å². The minimum absolute atomic E-state index is 0.334. The molecule has 0 amide bonds. The van der Waals surface area contributed by atoms with E-state index < -0.39 is 0 Å². The first kappa shape index (κ1) is 11.3. The van der Waals surface area contributed by atoms with E-state index in [-0.39, 0.29) is 5.97 Å². The molecule has 0 aliphatic carbocycles. The van der Waals surface area contributed by atoms with Gasteiger partial charge < -0.3 is 9.26 Å². The smallest absolute Gasteiger partial charge is 0.341 e. The molecule has 2 aromatic heterocycles. The Bertz CT molecular complexity index is 517. The Labute approximate surface area is 97.4 Å². The number of hydrogen-bond acceptors (Lipinski definition) is 6. The van der Waals surface area contributed by atoms with Gasteiger partial charge in [-0.25, -0.2) is 4.79 Å². The fraction of sp³-hybridized carbons (Fsp3) is 0.400. The van der Waals surface area contributed by atoms with Crippen molar-refractivity contribution in [2.75, 3.05) is 6.61 Å². The Morgan fingerprint density at radius 2 is 2.41 bits per heavy atom. The van der Waals surface area contributed by atoms with Crippen molar-refractivity contribution in [2.24, 2.45) is 0 Å². The van der Waals surface area contributed by atoms with E-state index in [9.17, 15) is 4.79 Å². The molecule has 7 heteroatoms. The van der Waals surface area contributed by atoms with Gasteiger partial charge in [0.2, 0.25) is 5.89 Å². The van der Waals surface area contributed by atoms with Gasteiger partial charge in [0.25, 0.3) is 0 Å². The van der Waals surface area contributed by atoms with Crippen LogP contribution >= 0.6 is 0 Å². The SMILES string of the molecule is CCOC(=O)c1cnn(Cc2nc(C)no2)c1. The second kappa shape index (κ2) is 4.77. The molecule has 0 bridgehead atoms. The van der Waals surface area contributed by atoms with Crippen molar-refractivity contribution < 1.29 is 14.1 Å². The van der Waals surface area contributed by atoms with Crippen LogP contribution < -0.4 is 0 Å². The maximum atomic E-state index is 11.4. The molecular weight excluding hydrogens is 224 g/mol. The Morgan fingerprint density at radius 3 is 3.06 bits per heavy atom. The summed E-state index contributed by atoms with van der Waals surface area (Å²) in [4.78, 5) is 15.4. The Hall–Kier alpha value is -2.18. The van der Waals surface area contributed by atoms with Gasteiger partial charge in [0.1, 0.15) is 6.54 Å². The summed E-state index contributed by atoms with van der Waals surface area (Å²) in [5, 5.41) is 7.68. The average Bonchev–Trinajstić information content (AvgIpc) is 2.89. The molecule has 0 atom stereocenters. The van der Waals surface area contributed by atoms with Crippen LogP contribution in [0.1, 0.15) is 29.0 Å². The van der Waals surface area contributed by atoms with Crippen molar-refractivity contribution in [1.82, 2.24) is 19.9 Å². The summed E-state index contributed by atoms with van der Waals surface area (Å²) in [5.41, 5.74) is 0.406. The number of carbonyl (C=O) groups is 1. The molecule has 0 aliphatic heterocycles. The summed E-state index contributed by atoms with van der Waals surface area (Å²) in [5.74, 6) is 0.624. The van der Waals surface area contributed by atoms with Crippen LogP contribution in [0.4, 0.5) is 0 Å². The average molecular weight is 236 g/mol. The molecule has 2 aromatic rings. The number of ether oxygens (including phenoxy) is 1. The van der Waals surface area contributed by atoms with Gasteiger partial charge in [0.15, 0.2) is 5.82 Å². The lowest BCUT2D eigenvalue weighted by Crippen LogP contribution is -2.04. The Balaban J connectivity index is 2.06. The lowest BCUT2D eigenvalue weighted by Gasteiger charge is -1.97. The van der Waals surface area contributed by atoms with Gasteiger partial charge in [-0.2, -0.15) is 10.1 Å². The molecule has 0 aliphatic rings. The van der Waals surface area contributed by atoms with E-state index in [1.165, 1.54) is 6.20 Å².